The fourth-order valence-corrected chi connectivity index (χ4v) is 1.26. The molecule has 0 unspecified atom stereocenters. The van der Waals surface area contributed by atoms with Crippen LogP contribution < -0.4 is 4.74 Å². The van der Waals surface area contributed by atoms with Crippen LogP contribution in [0.4, 0.5) is 0 Å². The van der Waals surface area contributed by atoms with Crippen LogP contribution in [0, 0.1) is 0 Å². The molecule has 0 fully saturated rings. The average Bonchev–Trinajstić information content (AvgIpc) is 2.27. The molecule has 5 nitrogen and oxygen atoms in total. The molecule has 0 heterocycles. The lowest BCUT2D eigenvalue weighted by Crippen LogP contribution is -2.11. The van der Waals surface area contributed by atoms with Gasteiger partial charge in [-0.25, -0.2) is 9.59 Å². The number of hydrogen-bond donors (Lipinski definition) is 2. The molecule has 90 valence electrons. The summed E-state index contributed by atoms with van der Waals surface area (Å²) < 4.78 is 5.27. The molecule has 2 N–H and O–H groups in total. The lowest BCUT2D eigenvalue weighted by molar-refractivity contribution is -0.139. The van der Waals surface area contributed by atoms with Gasteiger partial charge in [-0.15, -0.1) is 0 Å². The largest absolute Gasteiger partial charge is 0.493 e. The highest BCUT2D eigenvalue weighted by atomic mass is 16.5. The summed E-state index contributed by atoms with van der Waals surface area (Å²) in [6.07, 6.45) is 1.08. The highest BCUT2D eigenvalue weighted by Crippen LogP contribution is 2.21. The molecule has 1 rings (SSSR count). The van der Waals surface area contributed by atoms with E-state index in [2.05, 4.69) is 0 Å². The predicted molar refractivity (Wildman–Crippen MR) is 60.9 cm³/mol. The van der Waals surface area contributed by atoms with Gasteiger partial charge in [-0.2, -0.15) is 0 Å². The molecule has 0 atom stereocenters. The van der Waals surface area contributed by atoms with Gasteiger partial charge in [0.1, 0.15) is 11.3 Å². The lowest BCUT2D eigenvalue weighted by Gasteiger charge is -2.06. The number of aliphatic carboxylic acids is 2. The Bertz CT molecular complexity index is 446. The summed E-state index contributed by atoms with van der Waals surface area (Å²) in [6.45, 7) is 2.20. The van der Waals surface area contributed by atoms with Gasteiger partial charge in [0, 0.05) is 5.56 Å². The molecule has 0 saturated carbocycles. The molecular formula is C12H12O5. The number of rotatable bonds is 5. The molecule has 0 aromatic heterocycles. The average molecular weight is 236 g/mol. The summed E-state index contributed by atoms with van der Waals surface area (Å²) in [7, 11) is 0. The van der Waals surface area contributed by atoms with E-state index in [1.54, 1.807) is 31.2 Å². The highest BCUT2D eigenvalue weighted by molar-refractivity contribution is 6.16. The van der Waals surface area contributed by atoms with E-state index >= 15 is 0 Å². The van der Waals surface area contributed by atoms with Crippen molar-refractivity contribution in [1.82, 2.24) is 0 Å². The second-order valence-electron chi connectivity index (χ2n) is 3.14. The normalized spacial score (nSPS) is 9.47. The monoisotopic (exact) mass is 236 g/mol. The van der Waals surface area contributed by atoms with Gasteiger partial charge in [0.05, 0.1) is 6.61 Å². The molecule has 0 amide bonds. The fraction of sp³-hybridized carbons (Fsp3) is 0.167. The molecular weight excluding hydrogens is 224 g/mol. The Morgan fingerprint density at radius 3 is 2.35 bits per heavy atom. The Morgan fingerprint density at radius 1 is 1.24 bits per heavy atom. The van der Waals surface area contributed by atoms with Crippen LogP contribution in [0.2, 0.25) is 0 Å². The molecule has 1 aromatic rings. The van der Waals surface area contributed by atoms with Crippen LogP contribution in [0.5, 0.6) is 5.75 Å². The van der Waals surface area contributed by atoms with Crippen LogP contribution >= 0.6 is 0 Å². The van der Waals surface area contributed by atoms with Gasteiger partial charge >= 0.3 is 11.9 Å². The maximum Gasteiger partial charge on any atom is 0.343 e. The van der Waals surface area contributed by atoms with E-state index < -0.39 is 17.5 Å². The number of carbonyl (C=O) groups is 2. The Morgan fingerprint density at radius 2 is 1.82 bits per heavy atom. The zero-order valence-electron chi connectivity index (χ0n) is 9.21. The maximum atomic E-state index is 10.7. The van der Waals surface area contributed by atoms with E-state index in [1.165, 1.54) is 0 Å². The molecule has 0 bridgehead atoms. The number of para-hydroxylation sites is 1. The van der Waals surface area contributed by atoms with E-state index in [-0.39, 0.29) is 0 Å². The Kier molecular flexibility index (Phi) is 4.28. The Hall–Kier alpha value is -2.30. The summed E-state index contributed by atoms with van der Waals surface area (Å²) in [5.41, 5.74) is -0.272. The first-order valence-electron chi connectivity index (χ1n) is 4.96. The van der Waals surface area contributed by atoms with Crippen molar-refractivity contribution in [2.24, 2.45) is 0 Å². The van der Waals surface area contributed by atoms with Gasteiger partial charge in [-0.1, -0.05) is 18.2 Å². The second-order valence-corrected chi connectivity index (χ2v) is 3.14. The number of carboxylic acid groups (broad SMARTS) is 2. The zero-order valence-corrected chi connectivity index (χ0v) is 9.21. The van der Waals surface area contributed by atoms with Crippen LogP contribution in [0.1, 0.15) is 12.5 Å². The topological polar surface area (TPSA) is 83.8 Å². The molecule has 1 aromatic carbocycles. The van der Waals surface area contributed by atoms with Gasteiger partial charge in [0.2, 0.25) is 0 Å². The standard InChI is InChI=1S/C12H12O5/c1-2-17-10-6-4-3-5-8(10)7-9(11(13)14)12(15)16/h3-7H,2H2,1H3,(H,13,14)(H,15,16). The van der Waals surface area contributed by atoms with Gasteiger partial charge in [-0.05, 0) is 19.1 Å². The minimum absolute atomic E-state index is 0.417. The molecule has 0 aliphatic rings. The summed E-state index contributed by atoms with van der Waals surface area (Å²) in [4.78, 5) is 21.4. The first kappa shape index (κ1) is 12.8. The summed E-state index contributed by atoms with van der Waals surface area (Å²) in [6, 6.07) is 6.65. The predicted octanol–water partition coefficient (Wildman–Crippen LogP) is 1.64. The third-order valence-corrected chi connectivity index (χ3v) is 1.98. The SMILES string of the molecule is CCOc1ccccc1C=C(C(=O)O)C(=O)O. The molecule has 0 saturated heterocycles. The van der Waals surface area contributed by atoms with Gasteiger partial charge in [-0.3, -0.25) is 0 Å². The molecule has 5 heteroatoms. The zero-order chi connectivity index (χ0) is 12.8. The van der Waals surface area contributed by atoms with Crippen LogP contribution in [-0.4, -0.2) is 28.8 Å². The smallest absolute Gasteiger partial charge is 0.343 e. The van der Waals surface area contributed by atoms with Crippen molar-refractivity contribution in [3.05, 3.63) is 35.4 Å². The van der Waals surface area contributed by atoms with E-state index in [9.17, 15) is 9.59 Å². The molecule has 0 spiro atoms. The third-order valence-electron chi connectivity index (χ3n) is 1.98. The number of carboxylic acids is 2. The molecule has 17 heavy (non-hydrogen) atoms. The van der Waals surface area contributed by atoms with Gasteiger partial charge < -0.3 is 14.9 Å². The Labute approximate surface area is 98.0 Å². The summed E-state index contributed by atoms with van der Waals surface area (Å²) in [5, 5.41) is 17.5. The molecule has 0 aliphatic carbocycles. The third kappa shape index (κ3) is 3.34. The lowest BCUT2D eigenvalue weighted by atomic mass is 10.1. The van der Waals surface area contributed by atoms with Crippen molar-refractivity contribution in [2.75, 3.05) is 6.61 Å². The first-order chi connectivity index (χ1) is 8.06. The quantitative estimate of drug-likeness (QED) is 0.461. The number of benzene rings is 1. The number of ether oxygens (including phenoxy) is 1. The van der Waals surface area contributed by atoms with Crippen molar-refractivity contribution < 1.29 is 24.5 Å². The minimum atomic E-state index is -1.48. The van der Waals surface area contributed by atoms with Crippen LogP contribution in [-0.2, 0) is 9.59 Å². The number of hydrogen-bond acceptors (Lipinski definition) is 3. The van der Waals surface area contributed by atoms with Crippen molar-refractivity contribution >= 4 is 18.0 Å². The van der Waals surface area contributed by atoms with E-state index in [4.69, 9.17) is 14.9 Å². The molecule has 0 radical (unpaired) electrons. The Balaban J connectivity index is 3.19. The highest BCUT2D eigenvalue weighted by Gasteiger charge is 2.16. The van der Waals surface area contributed by atoms with Crippen LogP contribution in [0.3, 0.4) is 0 Å². The summed E-state index contributed by atoms with van der Waals surface area (Å²) in [5.74, 6) is -2.51. The van der Waals surface area contributed by atoms with Crippen molar-refractivity contribution in [2.45, 2.75) is 6.92 Å². The first-order valence-corrected chi connectivity index (χ1v) is 4.96. The minimum Gasteiger partial charge on any atom is -0.493 e. The van der Waals surface area contributed by atoms with Crippen LogP contribution in [0.15, 0.2) is 29.8 Å². The van der Waals surface area contributed by atoms with E-state index in [0.717, 1.165) is 6.08 Å². The maximum absolute atomic E-state index is 10.7. The fourth-order valence-electron chi connectivity index (χ4n) is 1.26. The van der Waals surface area contributed by atoms with Crippen LogP contribution in [0.25, 0.3) is 6.08 Å². The second kappa shape index (κ2) is 5.69. The van der Waals surface area contributed by atoms with E-state index in [0.29, 0.717) is 17.9 Å². The van der Waals surface area contributed by atoms with E-state index in [1.807, 2.05) is 0 Å². The van der Waals surface area contributed by atoms with Crippen molar-refractivity contribution in [1.29, 1.82) is 0 Å². The summed E-state index contributed by atoms with van der Waals surface area (Å²) >= 11 is 0. The van der Waals surface area contributed by atoms with Gasteiger partial charge in [0.25, 0.3) is 0 Å². The molecule has 0 aliphatic heterocycles. The van der Waals surface area contributed by atoms with Crippen molar-refractivity contribution in [3.8, 4) is 5.75 Å². The van der Waals surface area contributed by atoms with Gasteiger partial charge in [0.15, 0.2) is 0 Å². The van der Waals surface area contributed by atoms with Crippen molar-refractivity contribution in [3.63, 3.8) is 0 Å².